The van der Waals surface area contributed by atoms with E-state index in [4.69, 9.17) is 0 Å². The molecule has 8 nitrogen and oxygen atoms in total. The minimum Gasteiger partial charge on any atom is -0.318 e. The Hall–Kier alpha value is -5.02. The first-order chi connectivity index (χ1) is 20.9. The summed E-state index contributed by atoms with van der Waals surface area (Å²) in [6.07, 6.45) is 3.46. The van der Waals surface area contributed by atoms with Crippen LogP contribution in [0.15, 0.2) is 99.7 Å². The predicted molar refractivity (Wildman–Crippen MR) is 174 cm³/mol. The molecule has 6 rings (SSSR count). The van der Waals surface area contributed by atoms with E-state index < -0.39 is 15.6 Å². The second kappa shape index (κ2) is 10.6. The van der Waals surface area contributed by atoms with Crippen molar-refractivity contribution in [3.05, 3.63) is 128 Å². The van der Waals surface area contributed by atoms with Gasteiger partial charge in [0.15, 0.2) is 0 Å². The lowest BCUT2D eigenvalue weighted by atomic mass is 9.93. The van der Waals surface area contributed by atoms with E-state index in [0.717, 1.165) is 26.2 Å². The predicted octanol–water partition coefficient (Wildman–Crippen LogP) is 5.91. The molecule has 44 heavy (non-hydrogen) atoms. The van der Waals surface area contributed by atoms with Crippen molar-refractivity contribution in [3.63, 3.8) is 0 Å². The summed E-state index contributed by atoms with van der Waals surface area (Å²) in [5.74, 6) is 0. The number of benzene rings is 2. The molecule has 0 saturated heterocycles. The zero-order valence-electron chi connectivity index (χ0n) is 25.4. The van der Waals surface area contributed by atoms with Gasteiger partial charge in [-0.3, -0.25) is 14.6 Å². The van der Waals surface area contributed by atoms with Crippen molar-refractivity contribution >= 4 is 20.9 Å². The molecule has 0 unspecified atom stereocenters. The van der Waals surface area contributed by atoms with Crippen LogP contribution in [-0.4, -0.2) is 26.5 Å². The van der Waals surface area contributed by atoms with E-state index in [1.807, 2.05) is 64.1 Å². The standard InChI is InChI=1S/C35H32N4O4S/c1-21-11-13-26(14-12-21)44(42,43)39-32(25-15-23(3)36-24(4)16-25)17-29-31(20-38(6)35(41)34(29)39)28-18-33(40)37(5)19-30(28)27-10-8-7-9-22(27)2/h7-20H,1-6H3. The van der Waals surface area contributed by atoms with Crippen molar-refractivity contribution in [1.82, 2.24) is 18.1 Å². The zero-order valence-corrected chi connectivity index (χ0v) is 26.2. The van der Waals surface area contributed by atoms with Crippen molar-refractivity contribution < 1.29 is 8.42 Å². The lowest BCUT2D eigenvalue weighted by Gasteiger charge is -2.16. The average Bonchev–Trinajstić information content (AvgIpc) is 3.39. The van der Waals surface area contributed by atoms with Crippen LogP contribution in [0.25, 0.3) is 44.4 Å². The molecule has 9 heteroatoms. The van der Waals surface area contributed by atoms with Crippen molar-refractivity contribution in [1.29, 1.82) is 0 Å². The summed E-state index contributed by atoms with van der Waals surface area (Å²) in [4.78, 5) is 31.6. The molecule has 0 aliphatic heterocycles. The molecule has 0 N–H and O–H groups in total. The maximum Gasteiger partial charge on any atom is 0.275 e. The molecule has 0 aliphatic carbocycles. The van der Waals surface area contributed by atoms with Crippen molar-refractivity contribution in [3.8, 4) is 33.5 Å². The summed E-state index contributed by atoms with van der Waals surface area (Å²) < 4.78 is 33.0. The van der Waals surface area contributed by atoms with Crippen LogP contribution in [0.1, 0.15) is 22.5 Å². The van der Waals surface area contributed by atoms with Crippen LogP contribution < -0.4 is 11.1 Å². The molecule has 222 valence electrons. The lowest BCUT2D eigenvalue weighted by molar-refractivity contribution is 0.589. The maximum atomic E-state index is 14.5. The summed E-state index contributed by atoms with van der Waals surface area (Å²) >= 11 is 0. The quantitative estimate of drug-likeness (QED) is 0.244. The largest absolute Gasteiger partial charge is 0.318 e. The van der Waals surface area contributed by atoms with Crippen molar-refractivity contribution in [2.75, 3.05) is 0 Å². The van der Waals surface area contributed by atoms with E-state index in [0.29, 0.717) is 39.2 Å². The lowest BCUT2D eigenvalue weighted by Crippen LogP contribution is -2.23. The summed E-state index contributed by atoms with van der Waals surface area (Å²) in [7, 11) is -0.960. The third kappa shape index (κ3) is 4.79. The van der Waals surface area contributed by atoms with E-state index in [1.165, 1.54) is 9.13 Å². The number of aryl methyl sites for hydroxylation is 6. The van der Waals surface area contributed by atoms with Crippen LogP contribution in [0.3, 0.4) is 0 Å². The van der Waals surface area contributed by atoms with Gasteiger partial charge in [0.2, 0.25) is 0 Å². The van der Waals surface area contributed by atoms with Crippen LogP contribution in [0, 0.1) is 27.7 Å². The Morgan fingerprint density at radius 3 is 1.98 bits per heavy atom. The average molecular weight is 605 g/mol. The first-order valence-electron chi connectivity index (χ1n) is 14.2. The van der Waals surface area contributed by atoms with Gasteiger partial charge < -0.3 is 9.13 Å². The highest BCUT2D eigenvalue weighted by atomic mass is 32.2. The number of pyridine rings is 3. The number of nitrogens with zero attached hydrogens (tertiary/aromatic N) is 4. The molecular formula is C35H32N4O4S. The molecule has 0 saturated carbocycles. The van der Waals surface area contributed by atoms with Gasteiger partial charge in [0.05, 0.1) is 10.6 Å². The molecule has 0 atom stereocenters. The third-order valence-electron chi connectivity index (χ3n) is 7.98. The highest BCUT2D eigenvalue weighted by Crippen LogP contribution is 2.39. The highest BCUT2D eigenvalue weighted by molar-refractivity contribution is 7.90. The Balaban J connectivity index is 1.80. The Kier molecular flexibility index (Phi) is 7.01. The van der Waals surface area contributed by atoms with Crippen LogP contribution in [-0.2, 0) is 24.1 Å². The van der Waals surface area contributed by atoms with E-state index in [-0.39, 0.29) is 16.0 Å². The van der Waals surface area contributed by atoms with Crippen molar-refractivity contribution in [2.24, 2.45) is 14.1 Å². The van der Waals surface area contributed by atoms with Crippen LogP contribution in [0.5, 0.6) is 0 Å². The van der Waals surface area contributed by atoms with Crippen LogP contribution in [0.2, 0.25) is 0 Å². The van der Waals surface area contributed by atoms with Crippen LogP contribution >= 0.6 is 0 Å². The third-order valence-corrected chi connectivity index (χ3v) is 9.71. The second-order valence-corrected chi connectivity index (χ2v) is 13.1. The van der Waals surface area contributed by atoms with Gasteiger partial charge in [-0.2, -0.15) is 0 Å². The Morgan fingerprint density at radius 1 is 0.682 bits per heavy atom. The molecule has 0 fully saturated rings. The van der Waals surface area contributed by atoms with Gasteiger partial charge in [0, 0.05) is 66.0 Å². The van der Waals surface area contributed by atoms with E-state index >= 15 is 0 Å². The van der Waals surface area contributed by atoms with Gasteiger partial charge in [-0.05, 0) is 74.7 Å². The van der Waals surface area contributed by atoms with E-state index in [2.05, 4.69) is 4.98 Å². The van der Waals surface area contributed by atoms with Gasteiger partial charge in [-0.25, -0.2) is 12.4 Å². The first kappa shape index (κ1) is 29.1. The normalized spacial score (nSPS) is 11.8. The van der Waals surface area contributed by atoms with E-state index in [9.17, 15) is 18.0 Å². The molecule has 4 heterocycles. The molecule has 0 spiro atoms. The molecule has 0 amide bonds. The molecule has 0 bridgehead atoms. The minimum atomic E-state index is -4.25. The Morgan fingerprint density at radius 2 is 1.32 bits per heavy atom. The smallest absolute Gasteiger partial charge is 0.275 e. The Bertz CT molecular complexity index is 2320. The van der Waals surface area contributed by atoms with Gasteiger partial charge in [-0.15, -0.1) is 0 Å². The summed E-state index contributed by atoms with van der Waals surface area (Å²) in [6.45, 7) is 7.57. The van der Waals surface area contributed by atoms with Gasteiger partial charge in [0.25, 0.3) is 21.1 Å². The molecule has 0 radical (unpaired) electrons. The maximum absolute atomic E-state index is 14.5. The van der Waals surface area contributed by atoms with Gasteiger partial charge in [-0.1, -0.05) is 42.0 Å². The summed E-state index contributed by atoms with van der Waals surface area (Å²) in [5, 5.41) is 0.425. The van der Waals surface area contributed by atoms with E-state index in [1.54, 1.807) is 62.9 Å². The van der Waals surface area contributed by atoms with Gasteiger partial charge in [0.1, 0.15) is 5.52 Å². The number of rotatable bonds is 5. The minimum absolute atomic E-state index is 0.00380. The number of hydrogen-bond donors (Lipinski definition) is 0. The topological polar surface area (TPSA) is 96.0 Å². The fraction of sp³-hybridized carbons (Fsp3) is 0.171. The first-order valence-corrected chi connectivity index (χ1v) is 15.6. The Labute approximate surface area is 255 Å². The number of aromatic nitrogens is 4. The second-order valence-electron chi connectivity index (χ2n) is 11.3. The fourth-order valence-corrected chi connectivity index (χ4v) is 7.32. The number of hydrogen-bond acceptors (Lipinski definition) is 5. The zero-order chi connectivity index (χ0) is 31.5. The molecule has 2 aromatic carbocycles. The summed E-state index contributed by atoms with van der Waals surface area (Å²) in [5.41, 5.74) is 6.47. The molecule has 0 aliphatic rings. The molecule has 4 aromatic heterocycles. The molecular weight excluding hydrogens is 572 g/mol. The summed E-state index contributed by atoms with van der Waals surface area (Å²) in [6, 6.07) is 21.3. The SMILES string of the molecule is Cc1ccc(S(=O)(=O)n2c(-c3cc(C)nc(C)c3)cc3c(-c4cc(=O)n(C)cc4-c4ccccc4C)cn(C)c(=O)c32)cc1. The fourth-order valence-electron chi connectivity index (χ4n) is 5.80. The monoisotopic (exact) mass is 604 g/mol. The molecule has 6 aromatic rings. The van der Waals surface area contributed by atoms with Crippen LogP contribution in [0.4, 0.5) is 0 Å². The van der Waals surface area contributed by atoms with Gasteiger partial charge >= 0.3 is 0 Å². The number of fused-ring (bicyclic) bond motifs is 1. The van der Waals surface area contributed by atoms with Crippen molar-refractivity contribution in [2.45, 2.75) is 32.6 Å². The highest BCUT2D eigenvalue weighted by Gasteiger charge is 2.29.